The molecule has 2 aromatic carbocycles. The molecule has 0 spiro atoms. The highest BCUT2D eigenvalue weighted by molar-refractivity contribution is 5.96. The number of rotatable bonds is 9. The molecule has 1 N–H and O–H groups in total. The van der Waals surface area contributed by atoms with Crippen LogP contribution in [0.1, 0.15) is 18.9 Å². The molecule has 0 aliphatic rings. The zero-order chi connectivity index (χ0) is 23.9. The first-order chi connectivity index (χ1) is 15.0. The van der Waals surface area contributed by atoms with Gasteiger partial charge in [0.1, 0.15) is 11.5 Å². The van der Waals surface area contributed by atoms with Gasteiger partial charge in [-0.2, -0.15) is 13.2 Å². The molecule has 32 heavy (non-hydrogen) atoms. The molecule has 0 heterocycles. The Bertz CT molecular complexity index is 978. The normalized spacial score (nSPS) is 11.9. The lowest BCUT2D eigenvalue weighted by atomic mass is 10.1. The van der Waals surface area contributed by atoms with Crippen LogP contribution in [0.5, 0.6) is 11.5 Å². The van der Waals surface area contributed by atoms with E-state index in [1.807, 2.05) is 5.32 Å². The summed E-state index contributed by atoms with van der Waals surface area (Å²) in [6.07, 6.45) is -6.58. The second-order valence-electron chi connectivity index (χ2n) is 6.38. The number of hydrogen-bond acceptors (Lipinski definition) is 7. The summed E-state index contributed by atoms with van der Waals surface area (Å²) in [5, 5.41) is 12.7. The highest BCUT2D eigenvalue weighted by Gasteiger charge is 2.36. The van der Waals surface area contributed by atoms with Crippen molar-refractivity contribution in [2.75, 3.05) is 19.0 Å². The number of ether oxygens (including phenoxy) is 3. The van der Waals surface area contributed by atoms with Crippen LogP contribution in [0.4, 0.5) is 24.5 Å². The number of halogens is 3. The molecule has 0 radical (unpaired) electrons. The first-order valence-electron chi connectivity index (χ1n) is 9.14. The van der Waals surface area contributed by atoms with Crippen LogP contribution >= 0.6 is 0 Å². The lowest BCUT2D eigenvalue weighted by molar-refractivity contribution is -0.385. The molecule has 2 aromatic rings. The van der Waals surface area contributed by atoms with E-state index in [4.69, 9.17) is 14.2 Å². The number of hydrogen-bond donors (Lipinski definition) is 1. The van der Waals surface area contributed by atoms with E-state index < -0.39 is 46.0 Å². The number of nitrogens with zero attached hydrogens (tertiary/aromatic N) is 1. The molecule has 0 fully saturated rings. The number of esters is 1. The van der Waals surface area contributed by atoms with Gasteiger partial charge in [-0.3, -0.25) is 19.7 Å². The highest BCUT2D eigenvalue weighted by Crippen LogP contribution is 2.37. The van der Waals surface area contributed by atoms with Crippen LogP contribution in [0.25, 0.3) is 0 Å². The smallest absolute Gasteiger partial charge is 0.418 e. The predicted molar refractivity (Wildman–Crippen MR) is 105 cm³/mol. The maximum absolute atomic E-state index is 13.2. The van der Waals surface area contributed by atoms with Gasteiger partial charge in [0, 0.05) is 12.1 Å². The van der Waals surface area contributed by atoms with E-state index in [9.17, 15) is 32.9 Å². The van der Waals surface area contributed by atoms with Crippen LogP contribution in [-0.2, 0) is 20.5 Å². The van der Waals surface area contributed by atoms with Crippen LogP contribution in [0.15, 0.2) is 42.5 Å². The molecule has 0 saturated carbocycles. The lowest BCUT2D eigenvalue weighted by Crippen LogP contribution is -2.31. The third-order valence-electron chi connectivity index (χ3n) is 4.09. The number of carbonyl (C=O) groups excluding carboxylic acids is 2. The Labute approximate surface area is 180 Å². The average Bonchev–Trinajstić information content (AvgIpc) is 2.73. The molecule has 0 bridgehead atoms. The predicted octanol–water partition coefficient (Wildman–Crippen LogP) is 3.96. The van der Waals surface area contributed by atoms with Crippen molar-refractivity contribution in [3.05, 3.63) is 58.1 Å². The topological polar surface area (TPSA) is 117 Å². The molecule has 0 saturated heterocycles. The van der Waals surface area contributed by atoms with Crippen LogP contribution in [0, 0.1) is 10.1 Å². The van der Waals surface area contributed by atoms with Crippen LogP contribution in [0.2, 0.25) is 0 Å². The molecule has 172 valence electrons. The number of nitrogens with one attached hydrogen (secondary N) is 1. The van der Waals surface area contributed by atoms with Crippen LogP contribution < -0.4 is 14.8 Å². The van der Waals surface area contributed by atoms with Crippen molar-refractivity contribution in [2.45, 2.75) is 25.6 Å². The Kier molecular flexibility index (Phi) is 7.99. The minimum absolute atomic E-state index is 0.0555. The maximum atomic E-state index is 13.2. The number of amides is 1. The van der Waals surface area contributed by atoms with Crippen molar-refractivity contribution in [2.24, 2.45) is 0 Å². The van der Waals surface area contributed by atoms with E-state index in [-0.39, 0.29) is 13.0 Å². The quantitative estimate of drug-likeness (QED) is 0.345. The summed E-state index contributed by atoms with van der Waals surface area (Å²) in [5.41, 5.74) is -2.88. The number of nitro groups is 1. The Balaban J connectivity index is 1.91. The Morgan fingerprint density at radius 2 is 1.75 bits per heavy atom. The van der Waals surface area contributed by atoms with Gasteiger partial charge < -0.3 is 19.5 Å². The second-order valence-corrected chi connectivity index (χ2v) is 6.38. The van der Waals surface area contributed by atoms with Crippen molar-refractivity contribution in [3.63, 3.8) is 0 Å². The average molecular weight is 456 g/mol. The first kappa shape index (κ1) is 24.4. The van der Waals surface area contributed by atoms with E-state index in [1.54, 1.807) is 24.3 Å². The van der Waals surface area contributed by atoms with Gasteiger partial charge in [-0.25, -0.2) is 0 Å². The van der Waals surface area contributed by atoms with Gasteiger partial charge in [-0.1, -0.05) is 0 Å². The second kappa shape index (κ2) is 10.5. The van der Waals surface area contributed by atoms with Gasteiger partial charge in [0.25, 0.3) is 11.6 Å². The summed E-state index contributed by atoms with van der Waals surface area (Å²) in [7, 11) is 1.51. The SMILES string of the molecule is COc1ccc(OCCC(=O)O[C@@H](C)C(=O)Nc2ccc([N+](=O)[O-])cc2C(F)(F)F)cc1. The number of nitro benzene ring substituents is 1. The molecular formula is C20H19F3N2O7. The van der Waals surface area contributed by atoms with Gasteiger partial charge in [0.15, 0.2) is 6.10 Å². The molecule has 0 aliphatic carbocycles. The summed E-state index contributed by atoms with van der Waals surface area (Å²) in [6, 6.07) is 8.46. The zero-order valence-corrected chi connectivity index (χ0v) is 17.0. The number of non-ortho nitro benzene ring substituents is 1. The Morgan fingerprint density at radius 1 is 1.12 bits per heavy atom. The molecule has 0 aliphatic heterocycles. The number of anilines is 1. The fraction of sp³-hybridized carbons (Fsp3) is 0.300. The molecule has 1 amide bonds. The van der Waals surface area contributed by atoms with E-state index in [2.05, 4.69) is 0 Å². The molecule has 0 unspecified atom stereocenters. The number of alkyl halides is 3. The Morgan fingerprint density at radius 3 is 2.31 bits per heavy atom. The summed E-state index contributed by atoms with van der Waals surface area (Å²) >= 11 is 0. The maximum Gasteiger partial charge on any atom is 0.418 e. The summed E-state index contributed by atoms with van der Waals surface area (Å²) in [5.74, 6) is -0.741. The standard InChI is InChI=1S/C20H19F3N2O7/c1-12(32-18(26)9-10-31-15-6-4-14(30-2)5-7-15)19(27)24-17-8-3-13(25(28)29)11-16(17)20(21,22)23/h3-8,11-12H,9-10H2,1-2H3,(H,24,27)/t12-/m0/s1. The number of benzene rings is 2. The van der Waals surface area contributed by atoms with E-state index in [1.165, 1.54) is 14.0 Å². The minimum atomic E-state index is -4.95. The molecule has 12 heteroatoms. The van der Waals surface area contributed by atoms with Crippen molar-refractivity contribution in [1.82, 2.24) is 0 Å². The largest absolute Gasteiger partial charge is 0.497 e. The molecule has 2 rings (SSSR count). The fourth-order valence-corrected chi connectivity index (χ4v) is 2.46. The third kappa shape index (κ3) is 6.86. The van der Waals surface area contributed by atoms with Gasteiger partial charge in [0.2, 0.25) is 0 Å². The van der Waals surface area contributed by atoms with Gasteiger partial charge >= 0.3 is 12.1 Å². The van der Waals surface area contributed by atoms with E-state index >= 15 is 0 Å². The highest BCUT2D eigenvalue weighted by atomic mass is 19.4. The van der Waals surface area contributed by atoms with Gasteiger partial charge in [-0.15, -0.1) is 0 Å². The van der Waals surface area contributed by atoms with Crippen LogP contribution in [0.3, 0.4) is 0 Å². The Hall–Kier alpha value is -3.83. The van der Waals surface area contributed by atoms with Crippen molar-refractivity contribution in [1.29, 1.82) is 0 Å². The summed E-state index contributed by atoms with van der Waals surface area (Å²) < 4.78 is 54.9. The lowest BCUT2D eigenvalue weighted by Gasteiger charge is -2.17. The van der Waals surface area contributed by atoms with Gasteiger partial charge in [-0.05, 0) is 37.3 Å². The number of carbonyl (C=O) groups is 2. The first-order valence-corrected chi connectivity index (χ1v) is 9.14. The molecule has 9 nitrogen and oxygen atoms in total. The van der Waals surface area contributed by atoms with Crippen LogP contribution in [-0.4, -0.2) is 36.6 Å². The molecule has 1 atom stereocenters. The van der Waals surface area contributed by atoms with Crippen molar-refractivity contribution < 1.29 is 41.9 Å². The van der Waals surface area contributed by atoms with E-state index in [0.717, 1.165) is 12.1 Å². The third-order valence-corrected chi connectivity index (χ3v) is 4.09. The van der Waals surface area contributed by atoms with Crippen molar-refractivity contribution in [3.8, 4) is 11.5 Å². The van der Waals surface area contributed by atoms with E-state index in [0.29, 0.717) is 17.6 Å². The number of methoxy groups -OCH3 is 1. The minimum Gasteiger partial charge on any atom is -0.497 e. The molecular weight excluding hydrogens is 437 g/mol. The summed E-state index contributed by atoms with van der Waals surface area (Å²) in [6.45, 7) is 1.12. The monoisotopic (exact) mass is 456 g/mol. The zero-order valence-electron chi connectivity index (χ0n) is 17.0. The molecule has 0 aromatic heterocycles. The van der Waals surface area contributed by atoms with Crippen molar-refractivity contribution >= 4 is 23.3 Å². The van der Waals surface area contributed by atoms with Gasteiger partial charge in [0.05, 0.1) is 36.3 Å². The summed E-state index contributed by atoms with van der Waals surface area (Å²) in [4.78, 5) is 33.8. The fourth-order valence-electron chi connectivity index (χ4n) is 2.46.